The molecule has 0 saturated heterocycles. The van der Waals surface area contributed by atoms with Crippen LogP contribution in [0.25, 0.3) is 0 Å². The molecule has 0 saturated carbocycles. The SMILES string of the molecule is C[C@@H](O)[C@@H](C(=O)O)N(OC(=O)CCC#N)C(=O)OCc1ccccc1. The quantitative estimate of drug-likeness (QED) is 0.700. The Morgan fingerprint density at radius 3 is 2.44 bits per heavy atom. The van der Waals surface area contributed by atoms with E-state index in [0.29, 0.717) is 5.56 Å². The summed E-state index contributed by atoms with van der Waals surface area (Å²) in [7, 11) is 0. The van der Waals surface area contributed by atoms with Crippen LogP contribution in [-0.4, -0.2) is 45.5 Å². The van der Waals surface area contributed by atoms with E-state index in [9.17, 15) is 24.6 Å². The summed E-state index contributed by atoms with van der Waals surface area (Å²) in [6.45, 7) is 0.942. The number of carboxylic acids is 1. The number of ether oxygens (including phenoxy) is 1. The Kier molecular flexibility index (Phi) is 7.89. The number of carbonyl (C=O) groups excluding carboxylic acids is 2. The van der Waals surface area contributed by atoms with Crippen molar-refractivity contribution in [2.24, 2.45) is 0 Å². The number of carboxylic acid groups (broad SMARTS) is 1. The van der Waals surface area contributed by atoms with Gasteiger partial charge in [-0.1, -0.05) is 30.3 Å². The van der Waals surface area contributed by atoms with Gasteiger partial charge < -0.3 is 19.8 Å². The van der Waals surface area contributed by atoms with Gasteiger partial charge in [-0.15, -0.1) is 5.06 Å². The van der Waals surface area contributed by atoms with Crippen molar-refractivity contribution in [2.45, 2.75) is 38.5 Å². The van der Waals surface area contributed by atoms with E-state index < -0.39 is 30.2 Å². The average Bonchev–Trinajstić information content (AvgIpc) is 2.57. The number of nitrogens with zero attached hydrogens (tertiary/aromatic N) is 2. The molecule has 0 aliphatic carbocycles. The second kappa shape index (κ2) is 9.89. The lowest BCUT2D eigenvalue weighted by atomic mass is 10.2. The summed E-state index contributed by atoms with van der Waals surface area (Å²) in [6.07, 6.45) is -3.29. The van der Waals surface area contributed by atoms with Crippen LogP contribution in [0.1, 0.15) is 25.3 Å². The minimum Gasteiger partial charge on any atom is -0.480 e. The van der Waals surface area contributed by atoms with E-state index in [2.05, 4.69) is 0 Å². The molecule has 134 valence electrons. The Labute approximate surface area is 143 Å². The van der Waals surface area contributed by atoms with Gasteiger partial charge in [0.2, 0.25) is 0 Å². The fourth-order valence-corrected chi connectivity index (χ4v) is 1.81. The second-order valence-corrected chi connectivity index (χ2v) is 5.01. The lowest BCUT2D eigenvalue weighted by Gasteiger charge is -2.27. The Morgan fingerprint density at radius 1 is 1.28 bits per heavy atom. The Hall–Kier alpha value is -3.12. The molecule has 0 unspecified atom stereocenters. The van der Waals surface area contributed by atoms with Crippen molar-refractivity contribution in [3.63, 3.8) is 0 Å². The molecule has 9 nitrogen and oxygen atoms in total. The van der Waals surface area contributed by atoms with Gasteiger partial charge in [0.25, 0.3) is 0 Å². The highest BCUT2D eigenvalue weighted by molar-refractivity contribution is 5.81. The lowest BCUT2D eigenvalue weighted by Crippen LogP contribution is -2.51. The molecular formula is C16H18N2O7. The van der Waals surface area contributed by atoms with Gasteiger partial charge in [0.15, 0.2) is 6.04 Å². The van der Waals surface area contributed by atoms with E-state index in [1.807, 2.05) is 0 Å². The Morgan fingerprint density at radius 2 is 1.92 bits per heavy atom. The number of rotatable bonds is 7. The van der Waals surface area contributed by atoms with Crippen molar-refractivity contribution in [2.75, 3.05) is 0 Å². The number of hydrogen-bond donors (Lipinski definition) is 2. The largest absolute Gasteiger partial charge is 0.480 e. The van der Waals surface area contributed by atoms with Gasteiger partial charge in [0.05, 0.1) is 18.6 Å². The van der Waals surface area contributed by atoms with Crippen LogP contribution in [0.4, 0.5) is 4.79 Å². The molecule has 1 aromatic carbocycles. The summed E-state index contributed by atoms with van der Waals surface area (Å²) >= 11 is 0. The summed E-state index contributed by atoms with van der Waals surface area (Å²) in [4.78, 5) is 39.8. The molecule has 0 spiro atoms. The van der Waals surface area contributed by atoms with E-state index in [1.54, 1.807) is 36.4 Å². The van der Waals surface area contributed by atoms with E-state index >= 15 is 0 Å². The fraction of sp³-hybridized carbons (Fsp3) is 0.375. The summed E-state index contributed by atoms with van der Waals surface area (Å²) < 4.78 is 4.95. The third-order valence-electron chi connectivity index (χ3n) is 2.99. The minimum absolute atomic E-state index is 0.168. The zero-order valence-corrected chi connectivity index (χ0v) is 13.5. The number of aliphatic hydroxyl groups excluding tert-OH is 1. The first kappa shape index (κ1) is 19.9. The lowest BCUT2D eigenvalue weighted by molar-refractivity contribution is -0.203. The number of carbonyl (C=O) groups is 3. The number of aliphatic carboxylic acids is 1. The molecule has 0 aromatic heterocycles. The van der Waals surface area contributed by atoms with Crippen LogP contribution < -0.4 is 0 Å². The topological polar surface area (TPSA) is 137 Å². The van der Waals surface area contributed by atoms with Crippen LogP contribution in [0.3, 0.4) is 0 Å². The first-order valence-corrected chi connectivity index (χ1v) is 7.35. The number of nitriles is 1. The van der Waals surface area contributed by atoms with Gasteiger partial charge in [-0.2, -0.15) is 5.26 Å². The summed E-state index contributed by atoms with van der Waals surface area (Å²) in [5, 5.41) is 27.4. The molecule has 2 N–H and O–H groups in total. The maximum atomic E-state index is 12.2. The normalized spacial score (nSPS) is 12.4. The smallest absolute Gasteiger partial charge is 0.444 e. The molecule has 0 heterocycles. The van der Waals surface area contributed by atoms with Crippen LogP contribution >= 0.6 is 0 Å². The molecule has 1 rings (SSSR count). The van der Waals surface area contributed by atoms with Gasteiger partial charge >= 0.3 is 18.0 Å². The summed E-state index contributed by atoms with van der Waals surface area (Å²) in [5.74, 6) is -2.58. The average molecular weight is 350 g/mol. The summed E-state index contributed by atoms with van der Waals surface area (Å²) in [5.41, 5.74) is 0.635. The standard InChI is InChI=1S/C16H18N2O7/c1-11(19)14(15(21)22)18(25-13(20)8-5-9-17)16(23)24-10-12-6-3-2-4-7-12/h2-4,6-7,11,14,19H,5,8,10H2,1H3,(H,21,22)/t11-,14+/m1/s1. The Balaban J connectivity index is 2.87. The molecular weight excluding hydrogens is 332 g/mol. The highest BCUT2D eigenvalue weighted by Gasteiger charge is 2.38. The molecule has 0 radical (unpaired) electrons. The molecule has 0 aliphatic rings. The molecule has 2 atom stereocenters. The monoisotopic (exact) mass is 350 g/mol. The van der Waals surface area contributed by atoms with Crippen LogP contribution in [-0.2, 0) is 25.8 Å². The van der Waals surface area contributed by atoms with Gasteiger partial charge in [-0.25, -0.2) is 14.4 Å². The van der Waals surface area contributed by atoms with Crippen LogP contribution in [0.2, 0.25) is 0 Å². The Bertz CT molecular complexity index is 640. The number of amides is 1. The zero-order chi connectivity index (χ0) is 18.8. The highest BCUT2D eigenvalue weighted by Crippen LogP contribution is 2.12. The van der Waals surface area contributed by atoms with E-state index in [0.717, 1.165) is 6.92 Å². The molecule has 1 aromatic rings. The van der Waals surface area contributed by atoms with Crippen molar-refractivity contribution in [1.29, 1.82) is 5.26 Å². The molecule has 0 bridgehead atoms. The first-order valence-electron chi connectivity index (χ1n) is 7.35. The minimum atomic E-state index is -1.85. The van der Waals surface area contributed by atoms with Crippen LogP contribution in [0.15, 0.2) is 30.3 Å². The third-order valence-corrected chi connectivity index (χ3v) is 2.99. The van der Waals surface area contributed by atoms with Crippen LogP contribution in [0.5, 0.6) is 0 Å². The highest BCUT2D eigenvalue weighted by atomic mass is 16.8. The molecule has 9 heteroatoms. The molecule has 0 aliphatic heterocycles. The third kappa shape index (κ3) is 6.48. The van der Waals surface area contributed by atoms with Crippen molar-refractivity contribution >= 4 is 18.0 Å². The zero-order valence-electron chi connectivity index (χ0n) is 13.5. The van der Waals surface area contributed by atoms with E-state index in [-0.39, 0.29) is 24.5 Å². The molecule has 1 amide bonds. The van der Waals surface area contributed by atoms with E-state index in [4.69, 9.17) is 14.8 Å². The van der Waals surface area contributed by atoms with Gasteiger partial charge in [-0.05, 0) is 12.5 Å². The van der Waals surface area contributed by atoms with E-state index in [1.165, 1.54) is 0 Å². The predicted octanol–water partition coefficient (Wildman–Crippen LogP) is 1.22. The molecule has 0 fully saturated rings. The second-order valence-electron chi connectivity index (χ2n) is 5.01. The summed E-state index contributed by atoms with van der Waals surface area (Å²) in [6, 6.07) is 8.44. The number of hydroxylamine groups is 2. The molecule has 25 heavy (non-hydrogen) atoms. The predicted molar refractivity (Wildman–Crippen MR) is 82.5 cm³/mol. The number of hydrogen-bond acceptors (Lipinski definition) is 7. The number of aliphatic hydroxyl groups is 1. The van der Waals surface area contributed by atoms with Crippen molar-refractivity contribution < 1.29 is 34.2 Å². The fourth-order valence-electron chi connectivity index (χ4n) is 1.81. The van der Waals surface area contributed by atoms with Crippen molar-refractivity contribution in [1.82, 2.24) is 5.06 Å². The van der Waals surface area contributed by atoms with Crippen LogP contribution in [0, 0.1) is 11.3 Å². The number of benzene rings is 1. The maximum Gasteiger partial charge on any atom is 0.444 e. The van der Waals surface area contributed by atoms with Crippen molar-refractivity contribution in [3.8, 4) is 6.07 Å². The maximum absolute atomic E-state index is 12.2. The van der Waals surface area contributed by atoms with Gasteiger partial charge in [0, 0.05) is 6.42 Å². The first-order chi connectivity index (χ1) is 11.9. The van der Waals surface area contributed by atoms with Gasteiger partial charge in [-0.3, -0.25) is 0 Å². The van der Waals surface area contributed by atoms with Gasteiger partial charge in [0.1, 0.15) is 6.61 Å². The van der Waals surface area contributed by atoms with Crippen molar-refractivity contribution in [3.05, 3.63) is 35.9 Å².